The highest BCUT2D eigenvalue weighted by atomic mass is 32.2. The van der Waals surface area contributed by atoms with Gasteiger partial charge in [-0.3, -0.25) is 0 Å². The van der Waals surface area contributed by atoms with Crippen LogP contribution in [0.1, 0.15) is 34.1 Å². The molecule has 19 heavy (non-hydrogen) atoms. The standard InChI is InChI=1S/C11H25N3O4S/c1-9(13-6-5-7-19(12,16)17)8-14-10(15)18-11(2,3)4/h9,13H,5-8H2,1-4H3,(H,14,15)(H2,12,16,17). The number of sulfonamides is 1. The number of hydrogen-bond acceptors (Lipinski definition) is 5. The van der Waals surface area contributed by atoms with E-state index in [1.807, 2.05) is 6.92 Å². The Balaban J connectivity index is 3.70. The number of nitrogens with one attached hydrogen (secondary N) is 2. The van der Waals surface area contributed by atoms with Crippen LogP contribution in [0.25, 0.3) is 0 Å². The van der Waals surface area contributed by atoms with Crippen LogP contribution in [0.3, 0.4) is 0 Å². The molecule has 8 heteroatoms. The largest absolute Gasteiger partial charge is 0.444 e. The van der Waals surface area contributed by atoms with Crippen LogP contribution in [-0.2, 0) is 14.8 Å². The summed E-state index contributed by atoms with van der Waals surface area (Å²) in [5, 5.41) is 10.6. The highest BCUT2D eigenvalue weighted by molar-refractivity contribution is 7.89. The Kier molecular flexibility index (Phi) is 7.32. The second-order valence-corrected chi connectivity index (χ2v) is 7.19. The number of primary sulfonamides is 1. The zero-order valence-corrected chi connectivity index (χ0v) is 12.8. The van der Waals surface area contributed by atoms with E-state index in [-0.39, 0.29) is 11.8 Å². The first kappa shape index (κ1) is 18.1. The fourth-order valence-corrected chi connectivity index (χ4v) is 1.79. The molecule has 0 aliphatic heterocycles. The first-order valence-corrected chi connectivity index (χ1v) is 7.92. The Morgan fingerprint density at radius 2 is 1.95 bits per heavy atom. The number of carbonyl (C=O) groups excluding carboxylic acids is 1. The number of alkyl carbamates (subject to hydrolysis) is 1. The quantitative estimate of drug-likeness (QED) is 0.580. The van der Waals surface area contributed by atoms with Crippen LogP contribution in [0.4, 0.5) is 4.79 Å². The van der Waals surface area contributed by atoms with Gasteiger partial charge < -0.3 is 15.4 Å². The second-order valence-electron chi connectivity index (χ2n) is 5.46. The molecule has 114 valence electrons. The van der Waals surface area contributed by atoms with E-state index in [4.69, 9.17) is 9.88 Å². The fourth-order valence-electron chi connectivity index (χ4n) is 1.24. The minimum atomic E-state index is -3.40. The molecule has 7 nitrogen and oxygen atoms in total. The normalized spacial score (nSPS) is 13.9. The molecule has 0 saturated carbocycles. The Morgan fingerprint density at radius 1 is 1.37 bits per heavy atom. The van der Waals surface area contributed by atoms with E-state index < -0.39 is 21.7 Å². The first-order chi connectivity index (χ1) is 8.49. The lowest BCUT2D eigenvalue weighted by Gasteiger charge is -2.21. The van der Waals surface area contributed by atoms with Crippen LogP contribution in [-0.4, -0.2) is 45.0 Å². The summed E-state index contributed by atoms with van der Waals surface area (Å²) < 4.78 is 26.5. The fraction of sp³-hybridized carbons (Fsp3) is 0.909. The molecule has 0 saturated heterocycles. The second kappa shape index (κ2) is 7.66. The summed E-state index contributed by atoms with van der Waals surface area (Å²) in [5.74, 6) is -0.0494. The highest BCUT2D eigenvalue weighted by Gasteiger charge is 2.16. The summed E-state index contributed by atoms with van der Waals surface area (Å²) in [6.07, 6.45) is -0.0269. The van der Waals surface area contributed by atoms with Gasteiger partial charge in [0.2, 0.25) is 10.0 Å². The predicted octanol–water partition coefficient (Wildman–Crippen LogP) is 0.168. The van der Waals surface area contributed by atoms with Crippen LogP contribution < -0.4 is 15.8 Å². The summed E-state index contributed by atoms with van der Waals surface area (Å²) in [5.41, 5.74) is -0.518. The van der Waals surface area contributed by atoms with E-state index in [1.165, 1.54) is 0 Å². The van der Waals surface area contributed by atoms with Crippen molar-refractivity contribution in [2.75, 3.05) is 18.8 Å². The maximum atomic E-state index is 11.4. The van der Waals surface area contributed by atoms with Gasteiger partial charge >= 0.3 is 6.09 Å². The molecule has 0 radical (unpaired) electrons. The monoisotopic (exact) mass is 295 g/mol. The summed E-state index contributed by atoms with van der Waals surface area (Å²) in [6.45, 7) is 8.19. The van der Waals surface area contributed by atoms with E-state index in [2.05, 4.69) is 10.6 Å². The smallest absolute Gasteiger partial charge is 0.407 e. The number of rotatable bonds is 7. The third-order valence-electron chi connectivity index (χ3n) is 2.05. The Morgan fingerprint density at radius 3 is 2.42 bits per heavy atom. The van der Waals surface area contributed by atoms with Gasteiger partial charge in [-0.15, -0.1) is 0 Å². The first-order valence-electron chi connectivity index (χ1n) is 6.20. The van der Waals surface area contributed by atoms with Gasteiger partial charge in [0.1, 0.15) is 5.60 Å². The van der Waals surface area contributed by atoms with Crippen molar-refractivity contribution in [1.29, 1.82) is 0 Å². The van der Waals surface area contributed by atoms with E-state index >= 15 is 0 Å². The SMILES string of the molecule is CC(CNC(=O)OC(C)(C)C)NCCCS(N)(=O)=O. The molecule has 0 aromatic rings. The minimum Gasteiger partial charge on any atom is -0.444 e. The summed E-state index contributed by atoms with van der Waals surface area (Å²) in [4.78, 5) is 11.4. The molecule has 0 fully saturated rings. The average Bonchev–Trinajstić information content (AvgIpc) is 2.17. The molecular weight excluding hydrogens is 270 g/mol. The van der Waals surface area contributed by atoms with Gasteiger partial charge in [0.15, 0.2) is 0 Å². The van der Waals surface area contributed by atoms with Gasteiger partial charge in [0.05, 0.1) is 5.75 Å². The number of ether oxygens (including phenoxy) is 1. The maximum Gasteiger partial charge on any atom is 0.407 e. The van der Waals surface area contributed by atoms with Crippen molar-refractivity contribution in [1.82, 2.24) is 10.6 Å². The molecule has 4 N–H and O–H groups in total. The minimum absolute atomic E-state index is 0.0213. The highest BCUT2D eigenvalue weighted by Crippen LogP contribution is 2.06. The van der Waals surface area contributed by atoms with Gasteiger partial charge in [-0.05, 0) is 40.7 Å². The number of amides is 1. The molecule has 0 aromatic heterocycles. The lowest BCUT2D eigenvalue weighted by Crippen LogP contribution is -2.41. The van der Waals surface area contributed by atoms with E-state index in [1.54, 1.807) is 20.8 Å². The molecule has 1 amide bonds. The van der Waals surface area contributed by atoms with Crippen LogP contribution in [0.5, 0.6) is 0 Å². The van der Waals surface area contributed by atoms with Gasteiger partial charge in [0, 0.05) is 12.6 Å². The molecule has 1 atom stereocenters. The predicted molar refractivity (Wildman–Crippen MR) is 74.3 cm³/mol. The molecule has 0 heterocycles. The molecule has 0 aliphatic carbocycles. The molecule has 0 bridgehead atoms. The number of hydrogen-bond donors (Lipinski definition) is 3. The van der Waals surface area contributed by atoms with Crippen LogP contribution in [0, 0.1) is 0 Å². The molecule has 0 aromatic carbocycles. The lowest BCUT2D eigenvalue weighted by molar-refractivity contribution is 0.0523. The van der Waals surface area contributed by atoms with E-state index in [9.17, 15) is 13.2 Å². The summed E-state index contributed by atoms with van der Waals surface area (Å²) in [6, 6.07) is 0.0213. The topological polar surface area (TPSA) is 111 Å². The average molecular weight is 295 g/mol. The molecule has 1 unspecified atom stereocenters. The maximum absolute atomic E-state index is 11.4. The summed E-state index contributed by atoms with van der Waals surface area (Å²) in [7, 11) is -3.40. The summed E-state index contributed by atoms with van der Waals surface area (Å²) >= 11 is 0. The van der Waals surface area contributed by atoms with Crippen molar-refractivity contribution in [3.63, 3.8) is 0 Å². The third-order valence-corrected chi connectivity index (χ3v) is 2.91. The van der Waals surface area contributed by atoms with E-state index in [0.29, 0.717) is 19.5 Å². The zero-order chi connectivity index (χ0) is 15.1. The molecule has 0 rings (SSSR count). The van der Waals surface area contributed by atoms with Gasteiger partial charge in [-0.1, -0.05) is 0 Å². The third kappa shape index (κ3) is 13.4. The van der Waals surface area contributed by atoms with Crippen molar-refractivity contribution in [2.45, 2.75) is 45.8 Å². The molecule has 0 aliphatic rings. The van der Waals surface area contributed by atoms with Crippen LogP contribution in [0.15, 0.2) is 0 Å². The van der Waals surface area contributed by atoms with Gasteiger partial charge in [-0.25, -0.2) is 18.4 Å². The van der Waals surface area contributed by atoms with Crippen molar-refractivity contribution >= 4 is 16.1 Å². The Hall–Kier alpha value is -0.860. The molecular formula is C11H25N3O4S. The van der Waals surface area contributed by atoms with Crippen molar-refractivity contribution in [2.24, 2.45) is 5.14 Å². The number of nitrogens with two attached hydrogens (primary N) is 1. The Bertz CT molecular complexity index is 376. The lowest BCUT2D eigenvalue weighted by atomic mass is 10.2. The van der Waals surface area contributed by atoms with Crippen LogP contribution >= 0.6 is 0 Å². The van der Waals surface area contributed by atoms with Crippen molar-refractivity contribution in [3.8, 4) is 0 Å². The van der Waals surface area contributed by atoms with E-state index in [0.717, 1.165) is 0 Å². The zero-order valence-electron chi connectivity index (χ0n) is 12.0. The van der Waals surface area contributed by atoms with Crippen molar-refractivity contribution in [3.05, 3.63) is 0 Å². The number of carbonyl (C=O) groups is 1. The van der Waals surface area contributed by atoms with Crippen LogP contribution in [0.2, 0.25) is 0 Å². The molecule has 0 spiro atoms. The van der Waals surface area contributed by atoms with Gasteiger partial charge in [-0.2, -0.15) is 0 Å². The van der Waals surface area contributed by atoms with Crippen molar-refractivity contribution < 1.29 is 17.9 Å². The Labute approximate surface area is 115 Å². The van der Waals surface area contributed by atoms with Gasteiger partial charge in [0.25, 0.3) is 0 Å².